The first kappa shape index (κ1) is 15.7. The number of hydrogen-bond acceptors (Lipinski definition) is 3. The van der Waals surface area contributed by atoms with Gasteiger partial charge in [0.1, 0.15) is 5.75 Å². The van der Waals surface area contributed by atoms with Gasteiger partial charge >= 0.3 is 0 Å². The molecule has 0 radical (unpaired) electrons. The second-order valence-corrected chi connectivity index (χ2v) is 4.88. The fraction of sp³-hybridized carbons (Fsp3) is 0.500. The van der Waals surface area contributed by atoms with E-state index in [2.05, 4.69) is 24.9 Å². The summed E-state index contributed by atoms with van der Waals surface area (Å²) in [5, 5.41) is 3.45. The van der Waals surface area contributed by atoms with Crippen molar-refractivity contribution in [2.45, 2.75) is 26.3 Å². The molecule has 1 unspecified atom stereocenters. The van der Waals surface area contributed by atoms with Crippen LogP contribution in [0.5, 0.6) is 5.75 Å². The lowest BCUT2D eigenvalue weighted by Gasteiger charge is -2.16. The summed E-state index contributed by atoms with van der Waals surface area (Å²) in [6.45, 7) is 10.1. The average molecular weight is 263 g/mol. The second kappa shape index (κ2) is 8.73. The van der Waals surface area contributed by atoms with Crippen molar-refractivity contribution in [3.05, 3.63) is 42.0 Å². The molecule has 0 bridgehead atoms. The molecule has 0 heterocycles. The molecule has 1 N–H and O–H groups in total. The van der Waals surface area contributed by atoms with Crippen LogP contribution < -0.4 is 10.1 Å². The fourth-order valence-electron chi connectivity index (χ4n) is 1.90. The summed E-state index contributed by atoms with van der Waals surface area (Å²) >= 11 is 0. The predicted octanol–water partition coefficient (Wildman–Crippen LogP) is 2.81. The first-order chi connectivity index (χ1) is 9.13. The summed E-state index contributed by atoms with van der Waals surface area (Å²) in [7, 11) is 1.71. The number of rotatable bonds is 9. The summed E-state index contributed by atoms with van der Waals surface area (Å²) in [5.74, 6) is 0.953. The molecular weight excluding hydrogens is 238 g/mol. The van der Waals surface area contributed by atoms with Gasteiger partial charge in [-0.15, -0.1) is 0 Å². The van der Waals surface area contributed by atoms with Crippen molar-refractivity contribution in [3.63, 3.8) is 0 Å². The van der Waals surface area contributed by atoms with Gasteiger partial charge in [0.25, 0.3) is 0 Å². The lowest BCUT2D eigenvalue weighted by molar-refractivity contribution is 0.155. The number of para-hydroxylation sites is 1. The molecule has 3 nitrogen and oxygen atoms in total. The van der Waals surface area contributed by atoms with Gasteiger partial charge in [0.05, 0.1) is 20.3 Å². The molecule has 106 valence electrons. The molecule has 0 spiro atoms. The monoisotopic (exact) mass is 263 g/mol. The maximum absolute atomic E-state index is 5.45. The molecule has 0 fully saturated rings. The van der Waals surface area contributed by atoms with Crippen LogP contribution in [0.3, 0.4) is 0 Å². The number of benzene rings is 1. The minimum Gasteiger partial charge on any atom is -0.496 e. The highest BCUT2D eigenvalue weighted by molar-refractivity contribution is 5.33. The van der Waals surface area contributed by atoms with E-state index in [9.17, 15) is 0 Å². The minimum absolute atomic E-state index is 0.393. The van der Waals surface area contributed by atoms with Crippen molar-refractivity contribution < 1.29 is 9.47 Å². The Morgan fingerprint density at radius 3 is 2.79 bits per heavy atom. The Kier molecular flexibility index (Phi) is 7.23. The van der Waals surface area contributed by atoms with Gasteiger partial charge in [-0.05, 0) is 31.9 Å². The van der Waals surface area contributed by atoms with Crippen LogP contribution in [0.2, 0.25) is 0 Å². The van der Waals surface area contributed by atoms with Gasteiger partial charge in [0.2, 0.25) is 0 Å². The maximum Gasteiger partial charge on any atom is 0.122 e. The molecule has 0 aliphatic heterocycles. The molecule has 0 aromatic heterocycles. The molecule has 0 aliphatic rings. The van der Waals surface area contributed by atoms with E-state index in [1.165, 1.54) is 5.56 Å². The van der Waals surface area contributed by atoms with E-state index in [1.807, 2.05) is 25.1 Å². The zero-order chi connectivity index (χ0) is 14.1. The zero-order valence-electron chi connectivity index (χ0n) is 12.2. The topological polar surface area (TPSA) is 30.5 Å². The predicted molar refractivity (Wildman–Crippen MR) is 79.8 cm³/mol. The van der Waals surface area contributed by atoms with Gasteiger partial charge in [0.15, 0.2) is 0 Å². The smallest absolute Gasteiger partial charge is 0.122 e. The molecule has 1 rings (SSSR count). The van der Waals surface area contributed by atoms with Crippen LogP contribution in [0, 0.1) is 0 Å². The Hall–Kier alpha value is -1.32. The zero-order valence-corrected chi connectivity index (χ0v) is 12.2. The molecular formula is C16H25NO2. The van der Waals surface area contributed by atoms with E-state index < -0.39 is 0 Å². The summed E-state index contributed by atoms with van der Waals surface area (Å²) in [5.41, 5.74) is 2.29. The Balaban J connectivity index is 2.27. The van der Waals surface area contributed by atoms with E-state index in [1.54, 1.807) is 7.11 Å². The largest absolute Gasteiger partial charge is 0.496 e. The van der Waals surface area contributed by atoms with Gasteiger partial charge in [-0.25, -0.2) is 0 Å². The number of methoxy groups -OCH3 is 1. The number of hydrogen-bond donors (Lipinski definition) is 1. The SMILES string of the molecule is C=C(C)COCCNC(C)Cc1ccccc1OC. The Morgan fingerprint density at radius 2 is 2.11 bits per heavy atom. The summed E-state index contributed by atoms with van der Waals surface area (Å²) < 4.78 is 10.8. The van der Waals surface area contributed by atoms with Crippen molar-refractivity contribution in [2.24, 2.45) is 0 Å². The van der Waals surface area contributed by atoms with E-state index in [0.717, 1.165) is 24.3 Å². The van der Waals surface area contributed by atoms with Crippen molar-refractivity contribution >= 4 is 0 Å². The molecule has 0 aliphatic carbocycles. The summed E-state index contributed by atoms with van der Waals surface area (Å²) in [4.78, 5) is 0. The van der Waals surface area contributed by atoms with Crippen LogP contribution in [0.25, 0.3) is 0 Å². The second-order valence-electron chi connectivity index (χ2n) is 4.88. The lowest BCUT2D eigenvalue weighted by Crippen LogP contribution is -2.31. The molecule has 1 aromatic carbocycles. The third-order valence-corrected chi connectivity index (χ3v) is 2.81. The number of nitrogens with one attached hydrogen (secondary N) is 1. The van der Waals surface area contributed by atoms with Crippen molar-refractivity contribution in [1.29, 1.82) is 0 Å². The molecule has 0 saturated carbocycles. The Bertz CT molecular complexity index is 390. The Morgan fingerprint density at radius 1 is 1.37 bits per heavy atom. The van der Waals surface area contributed by atoms with Crippen LogP contribution in [0.4, 0.5) is 0 Å². The third kappa shape index (κ3) is 6.41. The Labute approximate surface area is 116 Å². The van der Waals surface area contributed by atoms with Crippen molar-refractivity contribution in [1.82, 2.24) is 5.32 Å². The van der Waals surface area contributed by atoms with Crippen LogP contribution in [-0.4, -0.2) is 32.9 Å². The standard InChI is InChI=1S/C16H25NO2/c1-13(2)12-19-10-9-17-14(3)11-15-7-5-6-8-16(15)18-4/h5-8,14,17H,1,9-12H2,2-4H3. The van der Waals surface area contributed by atoms with E-state index in [0.29, 0.717) is 19.3 Å². The first-order valence-corrected chi connectivity index (χ1v) is 6.71. The van der Waals surface area contributed by atoms with Crippen LogP contribution in [0.1, 0.15) is 19.4 Å². The van der Waals surface area contributed by atoms with E-state index in [4.69, 9.17) is 9.47 Å². The fourth-order valence-corrected chi connectivity index (χ4v) is 1.90. The molecule has 3 heteroatoms. The molecule has 0 amide bonds. The molecule has 0 saturated heterocycles. The quantitative estimate of drug-likeness (QED) is 0.549. The van der Waals surface area contributed by atoms with Gasteiger partial charge in [-0.2, -0.15) is 0 Å². The normalized spacial score (nSPS) is 12.2. The van der Waals surface area contributed by atoms with Gasteiger partial charge in [-0.1, -0.05) is 30.4 Å². The molecule has 19 heavy (non-hydrogen) atoms. The highest BCUT2D eigenvalue weighted by Crippen LogP contribution is 2.18. The van der Waals surface area contributed by atoms with Crippen LogP contribution in [0.15, 0.2) is 36.4 Å². The van der Waals surface area contributed by atoms with Gasteiger partial charge in [0, 0.05) is 12.6 Å². The molecule has 1 atom stereocenters. The van der Waals surface area contributed by atoms with Crippen LogP contribution in [-0.2, 0) is 11.2 Å². The van der Waals surface area contributed by atoms with Gasteiger partial charge < -0.3 is 14.8 Å². The highest BCUT2D eigenvalue weighted by atomic mass is 16.5. The van der Waals surface area contributed by atoms with E-state index in [-0.39, 0.29) is 0 Å². The lowest BCUT2D eigenvalue weighted by atomic mass is 10.1. The maximum atomic E-state index is 5.45. The van der Waals surface area contributed by atoms with Crippen molar-refractivity contribution in [2.75, 3.05) is 26.9 Å². The highest BCUT2D eigenvalue weighted by Gasteiger charge is 2.07. The number of ether oxygens (including phenoxy) is 2. The van der Waals surface area contributed by atoms with Gasteiger partial charge in [-0.3, -0.25) is 0 Å². The summed E-state index contributed by atoms with van der Waals surface area (Å²) in [6, 6.07) is 8.53. The van der Waals surface area contributed by atoms with E-state index >= 15 is 0 Å². The summed E-state index contributed by atoms with van der Waals surface area (Å²) in [6.07, 6.45) is 0.949. The minimum atomic E-state index is 0.393. The molecule has 1 aromatic rings. The third-order valence-electron chi connectivity index (χ3n) is 2.81. The average Bonchev–Trinajstić information content (AvgIpc) is 2.38. The van der Waals surface area contributed by atoms with Crippen molar-refractivity contribution in [3.8, 4) is 5.75 Å². The first-order valence-electron chi connectivity index (χ1n) is 6.71. The van der Waals surface area contributed by atoms with Crippen LogP contribution >= 0.6 is 0 Å².